The van der Waals surface area contributed by atoms with Gasteiger partial charge in [0.15, 0.2) is 0 Å². The van der Waals surface area contributed by atoms with Crippen molar-refractivity contribution < 1.29 is 4.74 Å². The highest BCUT2D eigenvalue weighted by atomic mass is 16.5. The van der Waals surface area contributed by atoms with Gasteiger partial charge in [-0.25, -0.2) is 0 Å². The summed E-state index contributed by atoms with van der Waals surface area (Å²) in [5.74, 6) is 0.523. The van der Waals surface area contributed by atoms with E-state index in [2.05, 4.69) is 5.32 Å². The van der Waals surface area contributed by atoms with Gasteiger partial charge in [-0.2, -0.15) is 0 Å². The monoisotopic (exact) mass is 130 g/mol. The molecule has 2 atom stereocenters. The Morgan fingerprint density at radius 2 is 2.44 bits per heavy atom. The average Bonchev–Trinajstić information content (AvgIpc) is 2.18. The SMILES string of the molecule is COC[C@H]1CNC[C@@H]1N. The first-order valence-electron chi connectivity index (χ1n) is 3.30. The molecule has 0 aliphatic carbocycles. The Morgan fingerprint density at radius 1 is 1.67 bits per heavy atom. The van der Waals surface area contributed by atoms with Crippen molar-refractivity contribution in [2.75, 3.05) is 26.8 Å². The number of ether oxygens (including phenoxy) is 1. The van der Waals surface area contributed by atoms with Crippen molar-refractivity contribution in [2.24, 2.45) is 11.7 Å². The Hall–Kier alpha value is -0.120. The summed E-state index contributed by atoms with van der Waals surface area (Å²) in [5, 5.41) is 3.20. The van der Waals surface area contributed by atoms with Crippen molar-refractivity contribution in [3.63, 3.8) is 0 Å². The van der Waals surface area contributed by atoms with Crippen molar-refractivity contribution in [1.82, 2.24) is 5.32 Å². The molecule has 54 valence electrons. The first-order valence-corrected chi connectivity index (χ1v) is 3.30. The lowest BCUT2D eigenvalue weighted by Crippen LogP contribution is -2.31. The molecule has 0 saturated carbocycles. The third kappa shape index (κ3) is 1.64. The molecule has 0 spiro atoms. The summed E-state index contributed by atoms with van der Waals surface area (Å²) in [6.45, 7) is 2.73. The molecular weight excluding hydrogens is 116 g/mol. The van der Waals surface area contributed by atoms with E-state index < -0.39 is 0 Å². The molecular formula is C6H14N2O. The van der Waals surface area contributed by atoms with E-state index in [0.29, 0.717) is 12.0 Å². The van der Waals surface area contributed by atoms with Gasteiger partial charge in [-0.3, -0.25) is 0 Å². The molecule has 0 amide bonds. The molecule has 0 bridgehead atoms. The summed E-state index contributed by atoms with van der Waals surface area (Å²) < 4.78 is 4.98. The summed E-state index contributed by atoms with van der Waals surface area (Å²) in [7, 11) is 1.71. The van der Waals surface area contributed by atoms with Crippen LogP contribution in [0, 0.1) is 5.92 Å². The summed E-state index contributed by atoms with van der Waals surface area (Å²) in [4.78, 5) is 0. The predicted molar refractivity (Wildman–Crippen MR) is 36.2 cm³/mol. The number of rotatable bonds is 2. The highest BCUT2D eigenvalue weighted by Crippen LogP contribution is 2.05. The van der Waals surface area contributed by atoms with Crippen molar-refractivity contribution in [1.29, 1.82) is 0 Å². The van der Waals surface area contributed by atoms with Crippen molar-refractivity contribution in [3.05, 3.63) is 0 Å². The third-order valence-corrected chi connectivity index (χ3v) is 1.77. The molecule has 0 unspecified atom stereocenters. The van der Waals surface area contributed by atoms with Crippen molar-refractivity contribution in [2.45, 2.75) is 6.04 Å². The van der Waals surface area contributed by atoms with Gasteiger partial charge in [0.05, 0.1) is 6.61 Å². The van der Waals surface area contributed by atoms with Crippen LogP contribution in [0.1, 0.15) is 0 Å². The summed E-state index contributed by atoms with van der Waals surface area (Å²) in [6, 6.07) is 0.296. The van der Waals surface area contributed by atoms with E-state index in [1.165, 1.54) is 0 Å². The number of nitrogens with one attached hydrogen (secondary N) is 1. The smallest absolute Gasteiger partial charge is 0.0517 e. The summed E-state index contributed by atoms with van der Waals surface area (Å²) >= 11 is 0. The molecule has 1 saturated heterocycles. The Bertz CT molecular complexity index is 87.1. The van der Waals surface area contributed by atoms with Crippen LogP contribution in [0.2, 0.25) is 0 Å². The van der Waals surface area contributed by atoms with Gasteiger partial charge in [-0.15, -0.1) is 0 Å². The molecule has 3 N–H and O–H groups in total. The van der Waals surface area contributed by atoms with E-state index in [9.17, 15) is 0 Å². The molecule has 0 aromatic carbocycles. The maximum Gasteiger partial charge on any atom is 0.0517 e. The number of hydrogen-bond acceptors (Lipinski definition) is 3. The fraction of sp³-hybridized carbons (Fsp3) is 1.00. The molecule has 1 aliphatic heterocycles. The molecule has 3 heteroatoms. The fourth-order valence-electron chi connectivity index (χ4n) is 1.15. The lowest BCUT2D eigenvalue weighted by Gasteiger charge is -2.11. The molecule has 1 fully saturated rings. The minimum atomic E-state index is 0.296. The first-order chi connectivity index (χ1) is 4.34. The second-order valence-corrected chi connectivity index (χ2v) is 2.54. The maximum absolute atomic E-state index is 5.72. The van der Waals surface area contributed by atoms with Gasteiger partial charge in [-0.1, -0.05) is 0 Å². The molecule has 0 aromatic rings. The van der Waals surface area contributed by atoms with Crippen LogP contribution in [0.15, 0.2) is 0 Å². The van der Waals surface area contributed by atoms with Crippen LogP contribution in [0.25, 0.3) is 0 Å². The molecule has 1 aliphatic rings. The second kappa shape index (κ2) is 3.15. The van der Waals surface area contributed by atoms with Crippen LogP contribution < -0.4 is 11.1 Å². The van der Waals surface area contributed by atoms with Crippen LogP contribution in [-0.4, -0.2) is 32.8 Å². The Labute approximate surface area is 55.6 Å². The molecule has 9 heavy (non-hydrogen) atoms. The fourth-order valence-corrected chi connectivity index (χ4v) is 1.15. The van der Waals surface area contributed by atoms with Gasteiger partial charge in [0, 0.05) is 32.2 Å². The lowest BCUT2D eigenvalue weighted by atomic mass is 10.1. The van der Waals surface area contributed by atoms with Crippen LogP contribution >= 0.6 is 0 Å². The number of methoxy groups -OCH3 is 1. The molecule has 0 aromatic heterocycles. The van der Waals surface area contributed by atoms with Gasteiger partial charge in [0.1, 0.15) is 0 Å². The first kappa shape index (κ1) is 6.99. The maximum atomic E-state index is 5.72. The van der Waals surface area contributed by atoms with Crippen LogP contribution in [0.5, 0.6) is 0 Å². The third-order valence-electron chi connectivity index (χ3n) is 1.77. The summed E-state index contributed by atoms with van der Waals surface area (Å²) in [6.07, 6.45) is 0. The van der Waals surface area contributed by atoms with E-state index in [1.807, 2.05) is 0 Å². The molecule has 3 nitrogen and oxygen atoms in total. The van der Waals surface area contributed by atoms with Gasteiger partial charge >= 0.3 is 0 Å². The normalized spacial score (nSPS) is 35.3. The zero-order valence-electron chi connectivity index (χ0n) is 5.76. The van der Waals surface area contributed by atoms with E-state index in [0.717, 1.165) is 19.7 Å². The highest BCUT2D eigenvalue weighted by molar-refractivity contribution is 4.83. The molecule has 1 heterocycles. The number of hydrogen-bond donors (Lipinski definition) is 2. The second-order valence-electron chi connectivity index (χ2n) is 2.54. The van der Waals surface area contributed by atoms with Crippen molar-refractivity contribution in [3.8, 4) is 0 Å². The van der Waals surface area contributed by atoms with E-state index >= 15 is 0 Å². The van der Waals surface area contributed by atoms with Gasteiger partial charge in [0.25, 0.3) is 0 Å². The summed E-state index contributed by atoms with van der Waals surface area (Å²) in [5.41, 5.74) is 5.72. The zero-order chi connectivity index (χ0) is 6.69. The van der Waals surface area contributed by atoms with E-state index in [4.69, 9.17) is 10.5 Å². The Kier molecular flexibility index (Phi) is 2.45. The molecule has 0 radical (unpaired) electrons. The Morgan fingerprint density at radius 3 is 2.89 bits per heavy atom. The van der Waals surface area contributed by atoms with E-state index in [-0.39, 0.29) is 0 Å². The minimum absolute atomic E-state index is 0.296. The predicted octanol–water partition coefficient (Wildman–Crippen LogP) is -0.820. The number of nitrogens with two attached hydrogens (primary N) is 1. The Balaban J connectivity index is 2.22. The standard InChI is InChI=1S/C6H14N2O/c1-9-4-5-2-8-3-6(5)7/h5-6,8H,2-4,7H2,1H3/t5-,6+/m1/s1. The average molecular weight is 130 g/mol. The van der Waals surface area contributed by atoms with E-state index in [1.54, 1.807) is 7.11 Å². The topological polar surface area (TPSA) is 47.3 Å². The van der Waals surface area contributed by atoms with Crippen LogP contribution in [-0.2, 0) is 4.74 Å². The van der Waals surface area contributed by atoms with Gasteiger partial charge < -0.3 is 15.8 Å². The van der Waals surface area contributed by atoms with Crippen molar-refractivity contribution >= 4 is 0 Å². The molecule has 1 rings (SSSR count). The zero-order valence-corrected chi connectivity index (χ0v) is 5.76. The minimum Gasteiger partial charge on any atom is -0.384 e. The van der Waals surface area contributed by atoms with Crippen LogP contribution in [0.4, 0.5) is 0 Å². The van der Waals surface area contributed by atoms with Gasteiger partial charge in [-0.05, 0) is 0 Å². The van der Waals surface area contributed by atoms with Gasteiger partial charge in [0.2, 0.25) is 0 Å². The quantitative estimate of drug-likeness (QED) is 0.513. The highest BCUT2D eigenvalue weighted by Gasteiger charge is 2.22. The lowest BCUT2D eigenvalue weighted by molar-refractivity contribution is 0.153. The largest absolute Gasteiger partial charge is 0.384 e. The van der Waals surface area contributed by atoms with Crippen LogP contribution in [0.3, 0.4) is 0 Å².